The summed E-state index contributed by atoms with van der Waals surface area (Å²) in [6.45, 7) is 8.74. The molecule has 9 heteroatoms. The first kappa shape index (κ1) is 32.8. The largest absolute Gasteiger partial charge is 0.392 e. The first-order valence-electron chi connectivity index (χ1n) is 16.0. The average molecular weight is 614 g/mol. The second-order valence-electron chi connectivity index (χ2n) is 13.6. The van der Waals surface area contributed by atoms with Crippen LogP contribution in [0.15, 0.2) is 79.1 Å². The normalized spacial score (nSPS) is 21.9. The van der Waals surface area contributed by atoms with Crippen molar-refractivity contribution in [2.75, 3.05) is 26.2 Å². The Bertz CT molecular complexity index is 1410. The van der Waals surface area contributed by atoms with Crippen molar-refractivity contribution in [3.8, 4) is 0 Å². The fraction of sp³-hybridized carbons (Fsp3) is 0.472. The number of β-amino-alcohol motifs (C(OH)–C–C–N with tert-alkyl or cyclic N) is 1. The van der Waals surface area contributed by atoms with Crippen LogP contribution in [0.3, 0.4) is 0 Å². The maximum Gasteiger partial charge on any atom is 0.239 e. The number of pyridine rings is 1. The van der Waals surface area contributed by atoms with Gasteiger partial charge >= 0.3 is 0 Å². The Hall–Kier alpha value is -3.63. The lowest BCUT2D eigenvalue weighted by atomic mass is 9.91. The molecule has 2 amide bonds. The van der Waals surface area contributed by atoms with E-state index in [-0.39, 0.29) is 24.8 Å². The average Bonchev–Trinajstić information content (AvgIpc) is 3.32. The van der Waals surface area contributed by atoms with Crippen molar-refractivity contribution >= 4 is 11.8 Å². The molecule has 1 saturated heterocycles. The Labute approximate surface area is 266 Å². The number of aromatic nitrogens is 1. The van der Waals surface area contributed by atoms with E-state index in [0.717, 1.165) is 28.8 Å². The van der Waals surface area contributed by atoms with Gasteiger partial charge in [-0.1, -0.05) is 60.7 Å². The number of aliphatic hydroxyl groups is 2. The molecular weight excluding hydrogens is 566 g/mol. The van der Waals surface area contributed by atoms with Crippen LogP contribution in [0.2, 0.25) is 0 Å². The van der Waals surface area contributed by atoms with Crippen molar-refractivity contribution in [1.82, 2.24) is 25.4 Å². The maximum absolute atomic E-state index is 13.8. The molecule has 4 N–H and O–H groups in total. The summed E-state index contributed by atoms with van der Waals surface area (Å²) in [4.78, 5) is 35.9. The van der Waals surface area contributed by atoms with Crippen LogP contribution in [-0.4, -0.2) is 86.8 Å². The highest BCUT2D eigenvalue weighted by molar-refractivity contribution is 5.83. The van der Waals surface area contributed by atoms with Gasteiger partial charge < -0.3 is 20.8 Å². The minimum atomic E-state index is -0.833. The van der Waals surface area contributed by atoms with Gasteiger partial charge in [0.25, 0.3) is 0 Å². The van der Waals surface area contributed by atoms with Crippen LogP contribution in [-0.2, 0) is 29.0 Å². The number of rotatable bonds is 11. The van der Waals surface area contributed by atoms with Crippen LogP contribution in [0.1, 0.15) is 55.5 Å². The highest BCUT2D eigenvalue weighted by Crippen LogP contribution is 2.32. The fourth-order valence-electron chi connectivity index (χ4n) is 6.56. The second-order valence-corrected chi connectivity index (χ2v) is 13.6. The topological polar surface area (TPSA) is 118 Å². The lowest BCUT2D eigenvalue weighted by Gasteiger charge is -2.42. The van der Waals surface area contributed by atoms with Gasteiger partial charge in [-0.2, -0.15) is 0 Å². The van der Waals surface area contributed by atoms with E-state index in [1.807, 2.05) is 93.7 Å². The number of piperazine rings is 1. The van der Waals surface area contributed by atoms with Crippen molar-refractivity contribution in [2.24, 2.45) is 5.92 Å². The summed E-state index contributed by atoms with van der Waals surface area (Å²) in [5.74, 6) is -0.781. The molecule has 2 aliphatic rings. The standard InChI is InChI=1S/C36H47N5O4/c1-36(2,3)39-35(45)31-24-40(22-26-12-9-15-37-21-26)16-17-41(31)23-29(42)19-28(18-25-10-5-4-6-11-25)34(44)38-33-30-14-8-7-13-27(30)20-32(33)43/h4-15,21,28-29,31-33,42-43H,16-20,22-24H2,1-3H3,(H,38,44)(H,39,45)/t28-,29+,31-,32+,33+/m0/s1. The summed E-state index contributed by atoms with van der Waals surface area (Å²) in [5, 5.41) is 28.5. The zero-order valence-corrected chi connectivity index (χ0v) is 26.6. The fourth-order valence-corrected chi connectivity index (χ4v) is 6.56. The van der Waals surface area contributed by atoms with Crippen LogP contribution < -0.4 is 10.6 Å². The molecule has 2 aromatic carbocycles. The molecular formula is C36H47N5O4. The van der Waals surface area contributed by atoms with Crippen LogP contribution in [0.5, 0.6) is 0 Å². The van der Waals surface area contributed by atoms with Gasteiger partial charge in [-0.3, -0.25) is 24.4 Å². The third kappa shape index (κ3) is 8.98. The summed E-state index contributed by atoms with van der Waals surface area (Å²) in [5.41, 5.74) is 3.68. The number of amides is 2. The van der Waals surface area contributed by atoms with Crippen molar-refractivity contribution in [2.45, 2.75) is 76.4 Å². The van der Waals surface area contributed by atoms with Gasteiger partial charge in [-0.15, -0.1) is 0 Å². The van der Waals surface area contributed by atoms with Gasteiger partial charge in [0.15, 0.2) is 0 Å². The van der Waals surface area contributed by atoms with Crippen LogP contribution in [0.25, 0.3) is 0 Å². The molecule has 5 rings (SSSR count). The molecule has 2 heterocycles. The van der Waals surface area contributed by atoms with E-state index < -0.39 is 35.7 Å². The molecule has 1 aliphatic heterocycles. The summed E-state index contributed by atoms with van der Waals surface area (Å²) in [7, 11) is 0. The third-order valence-electron chi connectivity index (χ3n) is 8.70. The van der Waals surface area contributed by atoms with Gasteiger partial charge in [0.1, 0.15) is 6.04 Å². The Balaban J connectivity index is 1.29. The number of nitrogens with one attached hydrogen (secondary N) is 2. The van der Waals surface area contributed by atoms with Crippen molar-refractivity contribution in [3.63, 3.8) is 0 Å². The third-order valence-corrected chi connectivity index (χ3v) is 8.70. The number of carbonyl (C=O) groups excluding carboxylic acids is 2. The Morgan fingerprint density at radius 3 is 2.47 bits per heavy atom. The van der Waals surface area contributed by atoms with Crippen molar-refractivity contribution in [3.05, 3.63) is 101 Å². The molecule has 3 aromatic rings. The number of carbonyl (C=O) groups is 2. The van der Waals surface area contributed by atoms with E-state index >= 15 is 0 Å². The zero-order chi connectivity index (χ0) is 32.0. The molecule has 1 aliphatic carbocycles. The lowest BCUT2D eigenvalue weighted by molar-refractivity contribution is -0.132. The maximum atomic E-state index is 13.8. The SMILES string of the molecule is CC(C)(C)NC(=O)[C@@H]1CN(Cc2cccnc2)CCN1C[C@H](O)C[C@H](Cc1ccccc1)C(=O)N[C@@H]1c2ccccc2C[C@H]1O. The minimum Gasteiger partial charge on any atom is -0.392 e. The smallest absolute Gasteiger partial charge is 0.239 e. The van der Waals surface area contributed by atoms with Gasteiger partial charge in [0.2, 0.25) is 11.8 Å². The molecule has 240 valence electrons. The van der Waals surface area contributed by atoms with Crippen LogP contribution in [0.4, 0.5) is 0 Å². The molecule has 0 spiro atoms. The monoisotopic (exact) mass is 613 g/mol. The number of hydrogen-bond donors (Lipinski definition) is 4. The minimum absolute atomic E-state index is 0.0712. The predicted octanol–water partition coefficient (Wildman–Crippen LogP) is 2.87. The van der Waals surface area contributed by atoms with E-state index in [2.05, 4.69) is 25.4 Å². The number of nitrogens with zero attached hydrogens (tertiary/aromatic N) is 3. The predicted molar refractivity (Wildman–Crippen MR) is 174 cm³/mol. The highest BCUT2D eigenvalue weighted by atomic mass is 16.3. The summed E-state index contributed by atoms with van der Waals surface area (Å²) in [6.07, 6.45) is 3.26. The van der Waals surface area contributed by atoms with Gasteiger partial charge in [-0.05, 0) is 61.9 Å². The Kier molecular flexibility index (Phi) is 10.7. The highest BCUT2D eigenvalue weighted by Gasteiger charge is 2.37. The van der Waals surface area contributed by atoms with Gasteiger partial charge in [-0.25, -0.2) is 0 Å². The Morgan fingerprint density at radius 2 is 1.73 bits per heavy atom. The molecule has 0 unspecified atom stereocenters. The molecule has 0 saturated carbocycles. The number of fused-ring (bicyclic) bond motifs is 1. The number of benzene rings is 2. The van der Waals surface area contributed by atoms with E-state index in [0.29, 0.717) is 32.5 Å². The first-order valence-corrected chi connectivity index (χ1v) is 16.0. The summed E-state index contributed by atoms with van der Waals surface area (Å²) >= 11 is 0. The van der Waals surface area contributed by atoms with E-state index in [9.17, 15) is 19.8 Å². The second kappa shape index (κ2) is 14.6. The van der Waals surface area contributed by atoms with E-state index in [1.165, 1.54) is 0 Å². The van der Waals surface area contributed by atoms with Gasteiger partial charge in [0.05, 0.1) is 18.2 Å². The molecule has 5 atom stereocenters. The summed E-state index contributed by atoms with van der Waals surface area (Å²) < 4.78 is 0. The zero-order valence-electron chi connectivity index (χ0n) is 26.6. The summed E-state index contributed by atoms with van der Waals surface area (Å²) in [6, 6.07) is 20.6. The Morgan fingerprint density at radius 1 is 1.00 bits per heavy atom. The van der Waals surface area contributed by atoms with Crippen molar-refractivity contribution < 1.29 is 19.8 Å². The molecule has 45 heavy (non-hydrogen) atoms. The van der Waals surface area contributed by atoms with Crippen LogP contribution in [0, 0.1) is 5.92 Å². The molecule has 1 fully saturated rings. The van der Waals surface area contributed by atoms with E-state index in [1.54, 1.807) is 6.20 Å². The van der Waals surface area contributed by atoms with Gasteiger partial charge in [0, 0.05) is 63.0 Å². The molecule has 0 bridgehead atoms. The number of hydrogen-bond acceptors (Lipinski definition) is 7. The lowest BCUT2D eigenvalue weighted by Crippen LogP contribution is -2.61. The first-order chi connectivity index (χ1) is 21.6. The quantitative estimate of drug-likeness (QED) is 0.263. The van der Waals surface area contributed by atoms with Crippen LogP contribution >= 0.6 is 0 Å². The van der Waals surface area contributed by atoms with E-state index in [4.69, 9.17) is 0 Å². The number of aliphatic hydroxyl groups excluding tert-OH is 2. The van der Waals surface area contributed by atoms with Crippen molar-refractivity contribution in [1.29, 1.82) is 0 Å². The molecule has 9 nitrogen and oxygen atoms in total. The molecule has 1 aromatic heterocycles. The molecule has 0 radical (unpaired) electrons.